The third-order valence-electron chi connectivity index (χ3n) is 2.56. The van der Waals surface area contributed by atoms with Gasteiger partial charge in [0.25, 0.3) is 0 Å². The predicted molar refractivity (Wildman–Crippen MR) is 66.8 cm³/mol. The lowest BCUT2D eigenvalue weighted by Crippen LogP contribution is -2.13. The van der Waals surface area contributed by atoms with Crippen LogP contribution in [0.5, 0.6) is 0 Å². The van der Waals surface area contributed by atoms with E-state index in [9.17, 15) is 0 Å². The zero-order chi connectivity index (χ0) is 12.3. The summed E-state index contributed by atoms with van der Waals surface area (Å²) in [5.41, 5.74) is 1.17. The highest BCUT2D eigenvalue weighted by atomic mass is 32.2. The second-order valence-corrected chi connectivity index (χ2v) is 4.69. The monoisotopic (exact) mass is 249 g/mol. The van der Waals surface area contributed by atoms with Crippen molar-refractivity contribution >= 4 is 11.8 Å². The number of rotatable bonds is 4. The Morgan fingerprint density at radius 1 is 1.47 bits per heavy atom. The van der Waals surface area contributed by atoms with E-state index in [1.807, 2.05) is 24.7 Å². The summed E-state index contributed by atoms with van der Waals surface area (Å²) in [5, 5.41) is 12.9. The Hall–Kier alpha value is -1.40. The van der Waals surface area contributed by atoms with E-state index in [0.717, 1.165) is 10.2 Å². The number of pyridine rings is 1. The van der Waals surface area contributed by atoms with Crippen LogP contribution in [0.3, 0.4) is 0 Å². The maximum atomic E-state index is 4.41. The molecule has 0 amide bonds. The van der Waals surface area contributed by atoms with Gasteiger partial charge in [-0.25, -0.2) is 4.98 Å². The Kier molecular flexibility index (Phi) is 3.75. The SMILES string of the molecule is CNC(C)c1cccnc1Sc1nncn1C. The van der Waals surface area contributed by atoms with Gasteiger partial charge in [-0.05, 0) is 31.8 Å². The minimum Gasteiger partial charge on any atom is -0.313 e. The van der Waals surface area contributed by atoms with Crippen LogP contribution in [0.25, 0.3) is 0 Å². The first-order valence-corrected chi connectivity index (χ1v) is 6.18. The van der Waals surface area contributed by atoms with Gasteiger partial charge in [-0.1, -0.05) is 6.07 Å². The van der Waals surface area contributed by atoms with Crippen molar-refractivity contribution in [2.24, 2.45) is 7.05 Å². The fourth-order valence-corrected chi connectivity index (χ4v) is 2.35. The minimum absolute atomic E-state index is 0.263. The molecule has 2 heterocycles. The first-order chi connectivity index (χ1) is 8.22. The fraction of sp³-hybridized carbons (Fsp3) is 0.364. The molecule has 1 N–H and O–H groups in total. The number of nitrogens with zero attached hydrogens (tertiary/aromatic N) is 4. The smallest absolute Gasteiger partial charge is 0.197 e. The van der Waals surface area contributed by atoms with Crippen molar-refractivity contribution in [1.82, 2.24) is 25.1 Å². The molecule has 0 saturated heterocycles. The van der Waals surface area contributed by atoms with Gasteiger partial charge in [-0.2, -0.15) is 0 Å². The highest BCUT2D eigenvalue weighted by Crippen LogP contribution is 2.29. The highest BCUT2D eigenvalue weighted by molar-refractivity contribution is 7.99. The summed E-state index contributed by atoms with van der Waals surface area (Å²) in [6, 6.07) is 4.29. The zero-order valence-electron chi connectivity index (χ0n) is 10.1. The highest BCUT2D eigenvalue weighted by Gasteiger charge is 2.13. The molecule has 17 heavy (non-hydrogen) atoms. The molecule has 0 aliphatic carbocycles. The lowest BCUT2D eigenvalue weighted by atomic mass is 10.1. The van der Waals surface area contributed by atoms with E-state index in [1.54, 1.807) is 12.5 Å². The molecule has 90 valence electrons. The van der Waals surface area contributed by atoms with Crippen molar-refractivity contribution in [2.45, 2.75) is 23.1 Å². The predicted octanol–water partition coefficient (Wildman–Crippen LogP) is 1.64. The summed E-state index contributed by atoms with van der Waals surface area (Å²) in [5.74, 6) is 0. The molecule has 5 nitrogen and oxygen atoms in total. The lowest BCUT2D eigenvalue weighted by molar-refractivity contribution is 0.634. The van der Waals surface area contributed by atoms with Crippen molar-refractivity contribution in [2.75, 3.05) is 7.05 Å². The number of hydrogen-bond acceptors (Lipinski definition) is 5. The van der Waals surface area contributed by atoms with Crippen LogP contribution in [0, 0.1) is 0 Å². The summed E-state index contributed by atoms with van der Waals surface area (Å²) in [6.07, 6.45) is 3.48. The number of aryl methyl sites for hydroxylation is 1. The maximum absolute atomic E-state index is 4.41. The Morgan fingerprint density at radius 3 is 2.94 bits per heavy atom. The molecule has 0 spiro atoms. The fourth-order valence-electron chi connectivity index (χ4n) is 1.43. The van der Waals surface area contributed by atoms with Gasteiger partial charge in [-0.3, -0.25) is 0 Å². The van der Waals surface area contributed by atoms with Crippen molar-refractivity contribution in [3.05, 3.63) is 30.2 Å². The number of hydrogen-bond donors (Lipinski definition) is 1. The molecule has 0 radical (unpaired) electrons. The summed E-state index contributed by atoms with van der Waals surface area (Å²) >= 11 is 1.53. The van der Waals surface area contributed by atoms with E-state index in [-0.39, 0.29) is 6.04 Å². The molecular weight excluding hydrogens is 234 g/mol. The average Bonchev–Trinajstić information content (AvgIpc) is 2.75. The Bertz CT molecular complexity index is 496. The molecule has 0 aromatic carbocycles. The second kappa shape index (κ2) is 5.29. The summed E-state index contributed by atoms with van der Waals surface area (Å²) in [7, 11) is 3.86. The van der Waals surface area contributed by atoms with Crippen LogP contribution in [0.15, 0.2) is 34.8 Å². The molecule has 2 rings (SSSR count). The van der Waals surface area contributed by atoms with Gasteiger partial charge >= 0.3 is 0 Å². The van der Waals surface area contributed by atoms with Gasteiger partial charge in [-0.15, -0.1) is 10.2 Å². The summed E-state index contributed by atoms with van der Waals surface area (Å²) in [6.45, 7) is 2.11. The third-order valence-corrected chi connectivity index (χ3v) is 3.64. The second-order valence-electron chi connectivity index (χ2n) is 3.73. The molecule has 1 atom stereocenters. The molecule has 0 aliphatic heterocycles. The van der Waals surface area contributed by atoms with Crippen LogP contribution in [0.4, 0.5) is 0 Å². The molecule has 2 aromatic heterocycles. The molecular formula is C11H15N5S. The van der Waals surface area contributed by atoms with Crippen LogP contribution >= 0.6 is 11.8 Å². The van der Waals surface area contributed by atoms with E-state index < -0.39 is 0 Å². The Balaban J connectivity index is 2.30. The molecule has 6 heteroatoms. The van der Waals surface area contributed by atoms with Crippen molar-refractivity contribution in [1.29, 1.82) is 0 Å². The topological polar surface area (TPSA) is 55.6 Å². The molecule has 1 unspecified atom stereocenters. The molecule has 0 bridgehead atoms. The van der Waals surface area contributed by atoms with Crippen molar-refractivity contribution in [3.63, 3.8) is 0 Å². The van der Waals surface area contributed by atoms with Crippen LogP contribution < -0.4 is 5.32 Å². The first-order valence-electron chi connectivity index (χ1n) is 5.36. The van der Waals surface area contributed by atoms with Crippen LogP contribution in [-0.2, 0) is 7.05 Å². The van der Waals surface area contributed by atoms with E-state index in [2.05, 4.69) is 33.5 Å². The van der Waals surface area contributed by atoms with Crippen LogP contribution in [0.1, 0.15) is 18.5 Å². The van der Waals surface area contributed by atoms with Gasteiger partial charge in [0.15, 0.2) is 5.16 Å². The average molecular weight is 249 g/mol. The third kappa shape index (κ3) is 2.65. The largest absolute Gasteiger partial charge is 0.313 e. The van der Waals surface area contributed by atoms with E-state index in [0.29, 0.717) is 0 Å². The van der Waals surface area contributed by atoms with Gasteiger partial charge in [0.05, 0.1) is 0 Å². The van der Waals surface area contributed by atoms with E-state index in [1.165, 1.54) is 17.3 Å². The van der Waals surface area contributed by atoms with Crippen LogP contribution in [-0.4, -0.2) is 26.8 Å². The molecule has 2 aromatic rings. The number of nitrogens with one attached hydrogen (secondary N) is 1. The van der Waals surface area contributed by atoms with Gasteiger partial charge in [0, 0.05) is 24.8 Å². The molecule has 0 fully saturated rings. The van der Waals surface area contributed by atoms with Gasteiger partial charge in [0.2, 0.25) is 0 Å². The standard InChI is InChI=1S/C11H15N5S/c1-8(12-2)9-5-4-6-13-10(9)17-11-15-14-7-16(11)3/h4-8,12H,1-3H3. The normalized spacial score (nSPS) is 12.6. The molecule has 0 aliphatic rings. The number of aromatic nitrogens is 4. The van der Waals surface area contributed by atoms with Gasteiger partial charge in [0.1, 0.15) is 11.4 Å². The maximum Gasteiger partial charge on any atom is 0.197 e. The summed E-state index contributed by atoms with van der Waals surface area (Å²) < 4.78 is 1.88. The van der Waals surface area contributed by atoms with E-state index in [4.69, 9.17) is 0 Å². The Morgan fingerprint density at radius 2 is 2.29 bits per heavy atom. The summed E-state index contributed by atoms with van der Waals surface area (Å²) in [4.78, 5) is 4.41. The zero-order valence-corrected chi connectivity index (χ0v) is 10.9. The van der Waals surface area contributed by atoms with Crippen LogP contribution in [0.2, 0.25) is 0 Å². The van der Waals surface area contributed by atoms with E-state index >= 15 is 0 Å². The first kappa shape index (κ1) is 12.1. The van der Waals surface area contributed by atoms with Crippen molar-refractivity contribution < 1.29 is 0 Å². The lowest BCUT2D eigenvalue weighted by Gasteiger charge is -2.13. The molecule has 0 saturated carbocycles. The van der Waals surface area contributed by atoms with Crippen molar-refractivity contribution in [3.8, 4) is 0 Å². The van der Waals surface area contributed by atoms with Gasteiger partial charge < -0.3 is 9.88 Å². The Labute approximate surface area is 105 Å². The quantitative estimate of drug-likeness (QED) is 0.892. The minimum atomic E-state index is 0.263.